The lowest BCUT2D eigenvalue weighted by atomic mass is 10.4. The fourth-order valence-corrected chi connectivity index (χ4v) is 0.341. The molecule has 0 atom stereocenters. The Kier molecular flexibility index (Phi) is 3.88. The molecule has 0 aromatic rings. The number of hydrazine groups is 1. The SMILES string of the molecule is C=CN=C(CC)NN. The molecule has 0 fully saturated rings. The monoisotopic (exact) mass is 113 g/mol. The first-order valence-electron chi connectivity index (χ1n) is 2.49. The highest BCUT2D eigenvalue weighted by molar-refractivity contribution is 5.81. The second-order valence-electron chi connectivity index (χ2n) is 1.26. The lowest BCUT2D eigenvalue weighted by Crippen LogP contribution is -2.29. The van der Waals surface area contributed by atoms with Crippen LogP contribution in [0.4, 0.5) is 0 Å². The zero-order chi connectivity index (χ0) is 6.41. The van der Waals surface area contributed by atoms with Crippen LogP contribution in [0.1, 0.15) is 13.3 Å². The molecule has 0 rings (SSSR count). The highest BCUT2D eigenvalue weighted by Gasteiger charge is 1.84. The minimum absolute atomic E-state index is 0.750. The summed E-state index contributed by atoms with van der Waals surface area (Å²) in [6.07, 6.45) is 2.27. The van der Waals surface area contributed by atoms with Gasteiger partial charge < -0.3 is 5.43 Å². The van der Waals surface area contributed by atoms with Crippen molar-refractivity contribution in [2.24, 2.45) is 10.8 Å². The Morgan fingerprint density at radius 2 is 2.62 bits per heavy atom. The van der Waals surface area contributed by atoms with Gasteiger partial charge in [-0.15, -0.1) is 0 Å². The summed E-state index contributed by atoms with van der Waals surface area (Å²) in [5.41, 5.74) is 2.43. The van der Waals surface area contributed by atoms with Gasteiger partial charge >= 0.3 is 0 Å². The highest BCUT2D eigenvalue weighted by Crippen LogP contribution is 1.78. The van der Waals surface area contributed by atoms with E-state index in [0.29, 0.717) is 0 Å². The molecule has 3 N–H and O–H groups in total. The second-order valence-corrected chi connectivity index (χ2v) is 1.26. The van der Waals surface area contributed by atoms with Crippen molar-refractivity contribution < 1.29 is 0 Å². The Balaban J connectivity index is 3.66. The van der Waals surface area contributed by atoms with Crippen molar-refractivity contribution in [3.63, 3.8) is 0 Å². The zero-order valence-electron chi connectivity index (χ0n) is 5.02. The molecule has 3 heteroatoms. The number of nitrogens with zero attached hydrogens (tertiary/aromatic N) is 1. The molecule has 0 amide bonds. The van der Waals surface area contributed by atoms with Crippen molar-refractivity contribution in [1.82, 2.24) is 5.43 Å². The normalized spacial score (nSPS) is 11.0. The molecular formula is C5H11N3. The third kappa shape index (κ3) is 2.36. The molecule has 0 aliphatic rings. The predicted octanol–water partition coefficient (Wildman–Crippen LogP) is 0.402. The van der Waals surface area contributed by atoms with Gasteiger partial charge in [0.25, 0.3) is 0 Å². The van der Waals surface area contributed by atoms with E-state index in [2.05, 4.69) is 17.0 Å². The van der Waals surface area contributed by atoms with Gasteiger partial charge in [0, 0.05) is 12.6 Å². The largest absolute Gasteiger partial charge is 0.312 e. The van der Waals surface area contributed by atoms with Crippen LogP contribution in [0, 0.1) is 0 Å². The molecule has 0 aliphatic heterocycles. The maximum absolute atomic E-state index is 5.04. The van der Waals surface area contributed by atoms with Crippen LogP contribution in [-0.2, 0) is 0 Å². The molecule has 0 radical (unpaired) electrons. The van der Waals surface area contributed by atoms with E-state index in [-0.39, 0.29) is 0 Å². The summed E-state index contributed by atoms with van der Waals surface area (Å²) in [4.78, 5) is 3.81. The molecule has 0 aliphatic carbocycles. The van der Waals surface area contributed by atoms with E-state index in [4.69, 9.17) is 5.84 Å². The Morgan fingerprint density at radius 1 is 2.00 bits per heavy atom. The van der Waals surface area contributed by atoms with Crippen LogP contribution >= 0.6 is 0 Å². The molecule has 46 valence electrons. The first kappa shape index (κ1) is 7.17. The Bertz CT molecular complexity index is 89.8. The van der Waals surface area contributed by atoms with E-state index >= 15 is 0 Å². The standard InChI is InChI=1S/C5H11N3/c1-3-5(8-6)7-4-2/h4H,2-3,6H2,1H3,(H,7,8). The minimum Gasteiger partial charge on any atom is -0.312 e. The van der Waals surface area contributed by atoms with Crippen molar-refractivity contribution in [3.8, 4) is 0 Å². The van der Waals surface area contributed by atoms with Gasteiger partial charge in [0.15, 0.2) is 0 Å². The smallest absolute Gasteiger partial charge is 0.115 e. The summed E-state index contributed by atoms with van der Waals surface area (Å²) in [6.45, 7) is 5.37. The summed E-state index contributed by atoms with van der Waals surface area (Å²) in [5.74, 6) is 5.79. The minimum atomic E-state index is 0.750. The summed E-state index contributed by atoms with van der Waals surface area (Å²) in [7, 11) is 0. The summed E-state index contributed by atoms with van der Waals surface area (Å²) in [6, 6.07) is 0. The number of nitrogens with two attached hydrogens (primary N) is 1. The number of hydrogen-bond acceptors (Lipinski definition) is 2. The van der Waals surface area contributed by atoms with Gasteiger partial charge in [-0.1, -0.05) is 13.5 Å². The van der Waals surface area contributed by atoms with Gasteiger partial charge in [0.05, 0.1) is 0 Å². The van der Waals surface area contributed by atoms with Crippen LogP contribution in [0.15, 0.2) is 17.8 Å². The first-order chi connectivity index (χ1) is 3.85. The fourth-order valence-electron chi connectivity index (χ4n) is 0.341. The molecule has 0 saturated heterocycles. The lowest BCUT2D eigenvalue weighted by Gasteiger charge is -1.96. The number of hydrogen-bond donors (Lipinski definition) is 2. The lowest BCUT2D eigenvalue weighted by molar-refractivity contribution is 0.978. The average molecular weight is 113 g/mol. The van der Waals surface area contributed by atoms with Crippen LogP contribution in [0.2, 0.25) is 0 Å². The summed E-state index contributed by atoms with van der Waals surface area (Å²) < 4.78 is 0. The van der Waals surface area contributed by atoms with Crippen LogP contribution < -0.4 is 11.3 Å². The van der Waals surface area contributed by atoms with Gasteiger partial charge in [0.2, 0.25) is 0 Å². The molecule has 0 unspecified atom stereocenters. The number of rotatable bonds is 2. The van der Waals surface area contributed by atoms with E-state index < -0.39 is 0 Å². The van der Waals surface area contributed by atoms with Gasteiger partial charge in [-0.05, 0) is 0 Å². The quantitative estimate of drug-likeness (QED) is 0.236. The topological polar surface area (TPSA) is 50.4 Å². The molecular weight excluding hydrogens is 102 g/mol. The Hall–Kier alpha value is -0.830. The van der Waals surface area contributed by atoms with Crippen molar-refractivity contribution >= 4 is 5.84 Å². The number of aliphatic imine (C=N–C) groups is 1. The molecule has 0 spiro atoms. The molecule has 8 heavy (non-hydrogen) atoms. The molecule has 0 aromatic carbocycles. The molecule has 3 nitrogen and oxygen atoms in total. The van der Waals surface area contributed by atoms with Crippen molar-refractivity contribution in [3.05, 3.63) is 12.8 Å². The Labute approximate surface area is 49.3 Å². The maximum atomic E-state index is 5.04. The molecule has 0 heterocycles. The van der Waals surface area contributed by atoms with Crippen LogP contribution in [0.25, 0.3) is 0 Å². The van der Waals surface area contributed by atoms with E-state index in [9.17, 15) is 0 Å². The van der Waals surface area contributed by atoms with Gasteiger partial charge in [-0.2, -0.15) is 0 Å². The van der Waals surface area contributed by atoms with Crippen molar-refractivity contribution in [2.75, 3.05) is 0 Å². The van der Waals surface area contributed by atoms with Crippen molar-refractivity contribution in [2.45, 2.75) is 13.3 Å². The third-order valence-electron chi connectivity index (χ3n) is 0.749. The second kappa shape index (κ2) is 4.33. The molecule has 0 saturated carbocycles. The third-order valence-corrected chi connectivity index (χ3v) is 0.749. The van der Waals surface area contributed by atoms with E-state index in [1.165, 1.54) is 6.20 Å². The Morgan fingerprint density at radius 3 is 2.75 bits per heavy atom. The van der Waals surface area contributed by atoms with Gasteiger partial charge in [-0.25, -0.2) is 10.8 Å². The molecule has 0 aromatic heterocycles. The van der Waals surface area contributed by atoms with E-state index in [0.717, 1.165) is 12.3 Å². The molecule has 0 bridgehead atoms. The zero-order valence-corrected chi connectivity index (χ0v) is 5.02. The van der Waals surface area contributed by atoms with Crippen LogP contribution in [0.5, 0.6) is 0 Å². The fraction of sp³-hybridized carbons (Fsp3) is 0.400. The summed E-state index contributed by atoms with van der Waals surface area (Å²) in [5, 5.41) is 0. The van der Waals surface area contributed by atoms with E-state index in [1.807, 2.05) is 6.92 Å². The van der Waals surface area contributed by atoms with E-state index in [1.54, 1.807) is 0 Å². The highest BCUT2D eigenvalue weighted by atomic mass is 15.2. The maximum Gasteiger partial charge on any atom is 0.115 e. The van der Waals surface area contributed by atoms with Crippen LogP contribution in [0.3, 0.4) is 0 Å². The summed E-state index contributed by atoms with van der Waals surface area (Å²) >= 11 is 0. The average Bonchev–Trinajstić information content (AvgIpc) is 1.83. The van der Waals surface area contributed by atoms with Gasteiger partial charge in [0.1, 0.15) is 5.84 Å². The first-order valence-corrected chi connectivity index (χ1v) is 2.49. The number of amidine groups is 1. The van der Waals surface area contributed by atoms with Gasteiger partial charge in [-0.3, -0.25) is 0 Å². The predicted molar refractivity (Wildman–Crippen MR) is 35.2 cm³/mol. The van der Waals surface area contributed by atoms with Crippen LogP contribution in [-0.4, -0.2) is 5.84 Å². The number of nitrogens with one attached hydrogen (secondary N) is 1. The van der Waals surface area contributed by atoms with Crippen molar-refractivity contribution in [1.29, 1.82) is 0 Å².